The normalized spacial score (nSPS) is 14.9. The first-order chi connectivity index (χ1) is 8.36. The lowest BCUT2D eigenvalue weighted by atomic mass is 9.82. The molecule has 0 saturated heterocycles. The van der Waals surface area contributed by atoms with Gasteiger partial charge in [-0.3, -0.25) is 4.79 Å². The van der Waals surface area contributed by atoms with E-state index in [0.29, 0.717) is 0 Å². The smallest absolute Gasteiger partial charge is 0.237 e. The van der Waals surface area contributed by atoms with E-state index in [1.807, 2.05) is 25.1 Å². The summed E-state index contributed by atoms with van der Waals surface area (Å²) in [6.07, 6.45) is 0. The Kier molecular flexibility index (Phi) is 4.91. The van der Waals surface area contributed by atoms with E-state index in [1.165, 1.54) is 0 Å². The summed E-state index contributed by atoms with van der Waals surface area (Å²) >= 11 is 0. The molecule has 0 bridgehead atoms. The van der Waals surface area contributed by atoms with Crippen molar-refractivity contribution in [2.45, 2.75) is 39.8 Å². The quantitative estimate of drug-likeness (QED) is 0.859. The van der Waals surface area contributed by atoms with E-state index in [4.69, 9.17) is 0 Å². The number of carbonyl (C=O) groups excluding carboxylic acids is 1. The molecule has 0 radical (unpaired) electrons. The Hall–Kier alpha value is -1.35. The summed E-state index contributed by atoms with van der Waals surface area (Å²) < 4.78 is 0. The van der Waals surface area contributed by atoms with Crippen LogP contribution in [0.15, 0.2) is 30.3 Å². The maximum Gasteiger partial charge on any atom is 0.237 e. The van der Waals surface area contributed by atoms with Crippen molar-refractivity contribution in [3.63, 3.8) is 0 Å². The van der Waals surface area contributed by atoms with Crippen molar-refractivity contribution in [1.82, 2.24) is 10.6 Å². The second-order valence-electron chi connectivity index (χ2n) is 5.73. The first kappa shape index (κ1) is 14.7. The molecule has 0 spiro atoms. The zero-order valence-corrected chi connectivity index (χ0v) is 11.9. The highest BCUT2D eigenvalue weighted by Gasteiger charge is 2.28. The van der Waals surface area contributed by atoms with Crippen LogP contribution in [-0.4, -0.2) is 19.0 Å². The Morgan fingerprint density at radius 1 is 1.17 bits per heavy atom. The fourth-order valence-electron chi connectivity index (χ4n) is 1.84. The summed E-state index contributed by atoms with van der Waals surface area (Å²) in [6.45, 7) is 8.26. The zero-order chi connectivity index (χ0) is 13.8. The molecular formula is C15H24N2O. The number of rotatable bonds is 4. The number of hydrogen-bond donors (Lipinski definition) is 2. The fourth-order valence-corrected chi connectivity index (χ4v) is 1.84. The summed E-state index contributed by atoms with van der Waals surface area (Å²) in [6, 6.07) is 9.94. The Morgan fingerprint density at radius 2 is 1.72 bits per heavy atom. The van der Waals surface area contributed by atoms with Crippen LogP contribution in [0.1, 0.15) is 39.3 Å². The first-order valence-electron chi connectivity index (χ1n) is 6.39. The number of carbonyl (C=O) groups is 1. The molecule has 0 saturated carbocycles. The molecule has 3 nitrogen and oxygen atoms in total. The van der Waals surface area contributed by atoms with E-state index in [0.717, 1.165) is 5.56 Å². The van der Waals surface area contributed by atoms with E-state index in [-0.39, 0.29) is 23.4 Å². The van der Waals surface area contributed by atoms with Crippen molar-refractivity contribution in [2.24, 2.45) is 5.41 Å². The van der Waals surface area contributed by atoms with Crippen molar-refractivity contribution in [1.29, 1.82) is 0 Å². The van der Waals surface area contributed by atoms with Crippen molar-refractivity contribution in [3.05, 3.63) is 35.9 Å². The summed E-state index contributed by atoms with van der Waals surface area (Å²) in [5.41, 5.74) is 1.12. The molecule has 3 heteroatoms. The maximum atomic E-state index is 12.0. The molecule has 1 rings (SSSR count). The second kappa shape index (κ2) is 6.01. The molecule has 2 unspecified atom stereocenters. The van der Waals surface area contributed by atoms with Crippen molar-refractivity contribution < 1.29 is 4.79 Å². The van der Waals surface area contributed by atoms with E-state index in [2.05, 4.69) is 43.5 Å². The number of likely N-dealkylation sites (N-methyl/N-ethyl adjacent to an activating group) is 1. The van der Waals surface area contributed by atoms with E-state index in [9.17, 15) is 4.79 Å². The second-order valence-corrected chi connectivity index (χ2v) is 5.73. The summed E-state index contributed by atoms with van der Waals surface area (Å²) in [5.74, 6) is 0.0290. The summed E-state index contributed by atoms with van der Waals surface area (Å²) in [4.78, 5) is 12.0. The minimum atomic E-state index is -0.182. The van der Waals surface area contributed by atoms with Crippen LogP contribution in [0, 0.1) is 5.41 Å². The third-order valence-electron chi connectivity index (χ3n) is 3.11. The van der Waals surface area contributed by atoms with Gasteiger partial charge in [-0.15, -0.1) is 0 Å². The summed E-state index contributed by atoms with van der Waals surface area (Å²) in [7, 11) is 1.79. The van der Waals surface area contributed by atoms with E-state index in [1.54, 1.807) is 7.05 Å². The Morgan fingerprint density at radius 3 is 2.17 bits per heavy atom. The van der Waals surface area contributed by atoms with Gasteiger partial charge in [0.15, 0.2) is 0 Å². The van der Waals surface area contributed by atoms with Crippen LogP contribution < -0.4 is 10.6 Å². The summed E-state index contributed by atoms with van der Waals surface area (Å²) in [5, 5.41) is 6.08. The van der Waals surface area contributed by atoms with Crippen LogP contribution in [0.5, 0.6) is 0 Å². The topological polar surface area (TPSA) is 41.1 Å². The van der Waals surface area contributed by atoms with Gasteiger partial charge in [0.2, 0.25) is 5.91 Å². The van der Waals surface area contributed by atoms with Crippen LogP contribution in [0.2, 0.25) is 0 Å². The lowest BCUT2D eigenvalue weighted by Crippen LogP contribution is -2.45. The van der Waals surface area contributed by atoms with Crippen molar-refractivity contribution in [2.75, 3.05) is 7.05 Å². The number of amides is 1. The number of nitrogens with one attached hydrogen (secondary N) is 2. The first-order valence-corrected chi connectivity index (χ1v) is 6.39. The molecular weight excluding hydrogens is 224 g/mol. The molecule has 1 aromatic rings. The van der Waals surface area contributed by atoms with Gasteiger partial charge < -0.3 is 10.6 Å². The van der Waals surface area contributed by atoms with Crippen LogP contribution in [0.4, 0.5) is 0 Å². The van der Waals surface area contributed by atoms with Crippen LogP contribution in [-0.2, 0) is 4.79 Å². The molecule has 0 aliphatic heterocycles. The predicted molar refractivity (Wildman–Crippen MR) is 75.3 cm³/mol. The van der Waals surface area contributed by atoms with Crippen LogP contribution in [0.25, 0.3) is 0 Å². The Balaban J connectivity index is 2.92. The van der Waals surface area contributed by atoms with Gasteiger partial charge in [0.25, 0.3) is 0 Å². The average molecular weight is 248 g/mol. The highest BCUT2D eigenvalue weighted by molar-refractivity contribution is 5.81. The molecule has 0 fully saturated rings. The van der Waals surface area contributed by atoms with Gasteiger partial charge in [0.05, 0.1) is 12.1 Å². The predicted octanol–water partition coefficient (Wildman–Crippen LogP) is 2.50. The molecule has 2 atom stereocenters. The molecule has 0 aliphatic carbocycles. The molecule has 1 amide bonds. The largest absolute Gasteiger partial charge is 0.347 e. The average Bonchev–Trinajstić information content (AvgIpc) is 2.34. The fraction of sp³-hybridized carbons (Fsp3) is 0.533. The van der Waals surface area contributed by atoms with Gasteiger partial charge in [-0.05, 0) is 24.9 Å². The number of hydrogen-bond acceptors (Lipinski definition) is 2. The van der Waals surface area contributed by atoms with Crippen molar-refractivity contribution in [3.8, 4) is 0 Å². The van der Waals surface area contributed by atoms with Gasteiger partial charge in [-0.1, -0.05) is 51.1 Å². The molecule has 0 heterocycles. The maximum absolute atomic E-state index is 12.0. The van der Waals surface area contributed by atoms with Crippen molar-refractivity contribution >= 4 is 5.91 Å². The third kappa shape index (κ3) is 3.84. The SMILES string of the molecule is CNC(C)C(=O)NC(c1ccccc1)C(C)(C)C. The zero-order valence-electron chi connectivity index (χ0n) is 11.9. The molecule has 1 aromatic carbocycles. The van der Waals surface area contributed by atoms with Crippen LogP contribution >= 0.6 is 0 Å². The van der Waals surface area contributed by atoms with Gasteiger partial charge >= 0.3 is 0 Å². The van der Waals surface area contributed by atoms with Gasteiger partial charge in [0, 0.05) is 0 Å². The Labute approximate surface area is 110 Å². The minimum Gasteiger partial charge on any atom is -0.347 e. The van der Waals surface area contributed by atoms with Gasteiger partial charge in [-0.2, -0.15) is 0 Å². The lowest BCUT2D eigenvalue weighted by Gasteiger charge is -2.32. The van der Waals surface area contributed by atoms with Crippen LogP contribution in [0.3, 0.4) is 0 Å². The monoisotopic (exact) mass is 248 g/mol. The molecule has 0 aliphatic rings. The lowest BCUT2D eigenvalue weighted by molar-refractivity contribution is -0.124. The highest BCUT2D eigenvalue weighted by atomic mass is 16.2. The number of benzene rings is 1. The van der Waals surface area contributed by atoms with E-state index >= 15 is 0 Å². The molecule has 2 N–H and O–H groups in total. The van der Waals surface area contributed by atoms with Gasteiger partial charge in [-0.25, -0.2) is 0 Å². The molecule has 0 aromatic heterocycles. The molecule has 18 heavy (non-hydrogen) atoms. The Bertz CT molecular complexity index is 381. The van der Waals surface area contributed by atoms with Gasteiger partial charge in [0.1, 0.15) is 0 Å². The minimum absolute atomic E-state index is 0.0157. The third-order valence-corrected chi connectivity index (χ3v) is 3.11. The molecule has 100 valence electrons. The standard InChI is InChI=1S/C15H24N2O/c1-11(16-5)14(18)17-13(15(2,3)4)12-9-7-6-8-10-12/h6-11,13,16H,1-5H3,(H,17,18). The van der Waals surface area contributed by atoms with E-state index < -0.39 is 0 Å². The highest BCUT2D eigenvalue weighted by Crippen LogP contribution is 2.32.